The van der Waals surface area contributed by atoms with E-state index in [0.717, 1.165) is 12.0 Å². The molecule has 0 aromatic carbocycles. The average Bonchev–Trinajstić information content (AvgIpc) is 2.24. The highest BCUT2D eigenvalue weighted by Gasteiger charge is 2.15. The van der Waals surface area contributed by atoms with Crippen LogP contribution in [0.25, 0.3) is 0 Å². The Bertz CT molecular complexity index is 311. The first-order chi connectivity index (χ1) is 7.88. The molecule has 0 amide bonds. The van der Waals surface area contributed by atoms with Gasteiger partial charge in [0.2, 0.25) is 0 Å². The zero-order valence-electron chi connectivity index (χ0n) is 10.7. The molecule has 0 aliphatic heterocycles. The number of aliphatic hydroxyl groups is 2. The SMILES string of the molecule is CC(C)=CCC/C(C)=C(\CC(O)CO)C(=O)O. The third-order valence-electron chi connectivity index (χ3n) is 2.50. The van der Waals surface area contributed by atoms with Gasteiger partial charge in [-0.3, -0.25) is 0 Å². The molecular weight excluding hydrogens is 220 g/mol. The lowest BCUT2D eigenvalue weighted by atomic mass is 9.99. The van der Waals surface area contributed by atoms with Crippen LogP contribution in [0, 0.1) is 0 Å². The molecule has 0 aromatic rings. The normalized spacial score (nSPS) is 13.9. The minimum atomic E-state index is -1.02. The van der Waals surface area contributed by atoms with Crippen molar-refractivity contribution < 1.29 is 20.1 Å². The summed E-state index contributed by atoms with van der Waals surface area (Å²) >= 11 is 0. The van der Waals surface area contributed by atoms with Gasteiger partial charge in [-0.15, -0.1) is 0 Å². The van der Waals surface area contributed by atoms with E-state index in [0.29, 0.717) is 6.42 Å². The molecule has 4 nitrogen and oxygen atoms in total. The van der Waals surface area contributed by atoms with E-state index in [1.807, 2.05) is 19.9 Å². The van der Waals surface area contributed by atoms with Gasteiger partial charge in [0.05, 0.1) is 12.7 Å². The second-order valence-corrected chi connectivity index (χ2v) is 4.42. The summed E-state index contributed by atoms with van der Waals surface area (Å²) in [6.45, 7) is 5.32. The van der Waals surface area contributed by atoms with Gasteiger partial charge in [0, 0.05) is 12.0 Å². The van der Waals surface area contributed by atoms with Crippen molar-refractivity contribution in [3.63, 3.8) is 0 Å². The van der Waals surface area contributed by atoms with Crippen LogP contribution in [0.4, 0.5) is 0 Å². The minimum Gasteiger partial charge on any atom is -0.478 e. The Morgan fingerprint density at radius 2 is 1.88 bits per heavy atom. The van der Waals surface area contributed by atoms with Gasteiger partial charge in [0.25, 0.3) is 0 Å². The van der Waals surface area contributed by atoms with Gasteiger partial charge >= 0.3 is 5.97 Å². The topological polar surface area (TPSA) is 77.8 Å². The average molecular weight is 242 g/mol. The van der Waals surface area contributed by atoms with E-state index in [4.69, 9.17) is 10.2 Å². The van der Waals surface area contributed by atoms with Crippen LogP contribution in [0.2, 0.25) is 0 Å². The Morgan fingerprint density at radius 1 is 1.29 bits per heavy atom. The van der Waals surface area contributed by atoms with Crippen molar-refractivity contribution in [3.05, 3.63) is 22.8 Å². The maximum absolute atomic E-state index is 11.0. The first-order valence-corrected chi connectivity index (χ1v) is 5.72. The Hall–Kier alpha value is -1.13. The van der Waals surface area contributed by atoms with Crippen molar-refractivity contribution in [1.82, 2.24) is 0 Å². The molecule has 0 saturated carbocycles. The molecule has 0 aromatic heterocycles. The molecular formula is C13H22O4. The summed E-state index contributed by atoms with van der Waals surface area (Å²) in [6.07, 6.45) is 2.49. The number of allylic oxidation sites excluding steroid dienone is 3. The van der Waals surface area contributed by atoms with Crippen molar-refractivity contribution in [1.29, 1.82) is 0 Å². The van der Waals surface area contributed by atoms with Crippen LogP contribution in [0.3, 0.4) is 0 Å². The quantitative estimate of drug-likeness (QED) is 0.470. The summed E-state index contributed by atoms with van der Waals surface area (Å²) < 4.78 is 0. The molecule has 0 radical (unpaired) electrons. The lowest BCUT2D eigenvalue weighted by Crippen LogP contribution is -2.17. The van der Waals surface area contributed by atoms with Gasteiger partial charge in [0.15, 0.2) is 0 Å². The summed E-state index contributed by atoms with van der Waals surface area (Å²) in [6, 6.07) is 0. The number of aliphatic carboxylic acids is 1. The highest BCUT2D eigenvalue weighted by atomic mass is 16.4. The molecule has 17 heavy (non-hydrogen) atoms. The lowest BCUT2D eigenvalue weighted by Gasteiger charge is -2.11. The third-order valence-corrected chi connectivity index (χ3v) is 2.50. The molecule has 0 bridgehead atoms. The van der Waals surface area contributed by atoms with Crippen molar-refractivity contribution >= 4 is 5.97 Å². The fraction of sp³-hybridized carbons (Fsp3) is 0.615. The summed E-state index contributed by atoms with van der Waals surface area (Å²) in [5, 5.41) is 27.0. The van der Waals surface area contributed by atoms with Crippen LogP contribution in [-0.2, 0) is 4.79 Å². The van der Waals surface area contributed by atoms with Crippen molar-refractivity contribution in [2.24, 2.45) is 0 Å². The van der Waals surface area contributed by atoms with E-state index >= 15 is 0 Å². The zero-order valence-corrected chi connectivity index (χ0v) is 10.7. The van der Waals surface area contributed by atoms with E-state index in [-0.39, 0.29) is 12.0 Å². The van der Waals surface area contributed by atoms with Gasteiger partial charge in [-0.25, -0.2) is 4.79 Å². The maximum Gasteiger partial charge on any atom is 0.331 e. The van der Waals surface area contributed by atoms with Crippen molar-refractivity contribution in [3.8, 4) is 0 Å². The molecule has 0 spiro atoms. The van der Waals surface area contributed by atoms with E-state index in [1.165, 1.54) is 5.57 Å². The Labute approximate surface area is 102 Å². The van der Waals surface area contributed by atoms with Gasteiger partial charge in [-0.1, -0.05) is 17.2 Å². The predicted molar refractivity (Wildman–Crippen MR) is 66.7 cm³/mol. The zero-order chi connectivity index (χ0) is 13.4. The molecule has 3 N–H and O–H groups in total. The molecule has 0 fully saturated rings. The molecule has 98 valence electrons. The maximum atomic E-state index is 11.0. The second-order valence-electron chi connectivity index (χ2n) is 4.42. The largest absolute Gasteiger partial charge is 0.478 e. The highest BCUT2D eigenvalue weighted by molar-refractivity contribution is 5.87. The van der Waals surface area contributed by atoms with Gasteiger partial charge in [-0.2, -0.15) is 0 Å². The van der Waals surface area contributed by atoms with E-state index in [2.05, 4.69) is 0 Å². The van der Waals surface area contributed by atoms with Crippen LogP contribution in [0.1, 0.15) is 40.0 Å². The van der Waals surface area contributed by atoms with Crippen LogP contribution in [-0.4, -0.2) is 34.0 Å². The molecule has 0 saturated heterocycles. The molecule has 0 rings (SSSR count). The Kier molecular flexibility index (Phi) is 7.50. The van der Waals surface area contributed by atoms with Crippen LogP contribution in [0.5, 0.6) is 0 Å². The molecule has 4 heteroatoms. The number of rotatable bonds is 7. The predicted octanol–water partition coefficient (Wildman–Crippen LogP) is 1.88. The van der Waals surface area contributed by atoms with Gasteiger partial charge in [0.1, 0.15) is 0 Å². The summed E-state index contributed by atoms with van der Waals surface area (Å²) in [7, 11) is 0. The first kappa shape index (κ1) is 15.9. The smallest absolute Gasteiger partial charge is 0.331 e. The fourth-order valence-corrected chi connectivity index (χ4v) is 1.47. The van der Waals surface area contributed by atoms with Crippen LogP contribution in [0.15, 0.2) is 22.8 Å². The highest BCUT2D eigenvalue weighted by Crippen LogP contribution is 2.17. The molecule has 1 atom stereocenters. The lowest BCUT2D eigenvalue weighted by molar-refractivity contribution is -0.133. The number of hydrogen-bond acceptors (Lipinski definition) is 3. The van der Waals surface area contributed by atoms with Crippen LogP contribution < -0.4 is 0 Å². The standard InChI is InChI=1S/C13H22O4/c1-9(2)5-4-6-10(3)12(13(16)17)7-11(15)8-14/h5,11,14-15H,4,6-8H2,1-3H3,(H,16,17)/b12-10+. The molecule has 0 aliphatic carbocycles. The summed E-state index contributed by atoms with van der Waals surface area (Å²) in [5.74, 6) is -1.02. The Morgan fingerprint density at radius 3 is 2.29 bits per heavy atom. The van der Waals surface area contributed by atoms with Crippen LogP contribution >= 0.6 is 0 Å². The van der Waals surface area contributed by atoms with E-state index < -0.39 is 18.7 Å². The minimum absolute atomic E-state index is 0.00745. The second kappa shape index (κ2) is 8.03. The number of carboxylic acid groups (broad SMARTS) is 1. The van der Waals surface area contributed by atoms with E-state index in [1.54, 1.807) is 6.92 Å². The number of hydrogen-bond donors (Lipinski definition) is 3. The molecule has 0 aliphatic rings. The Balaban J connectivity index is 4.63. The summed E-state index contributed by atoms with van der Waals surface area (Å²) in [4.78, 5) is 11.0. The van der Waals surface area contributed by atoms with Gasteiger partial charge in [-0.05, 0) is 33.6 Å². The van der Waals surface area contributed by atoms with Crippen molar-refractivity contribution in [2.75, 3.05) is 6.61 Å². The van der Waals surface area contributed by atoms with Gasteiger partial charge < -0.3 is 15.3 Å². The number of carbonyl (C=O) groups is 1. The van der Waals surface area contributed by atoms with Crippen molar-refractivity contribution in [2.45, 2.75) is 46.1 Å². The fourth-order valence-electron chi connectivity index (χ4n) is 1.47. The first-order valence-electron chi connectivity index (χ1n) is 5.72. The third kappa shape index (κ3) is 6.92. The molecule has 0 heterocycles. The molecule has 1 unspecified atom stereocenters. The monoisotopic (exact) mass is 242 g/mol. The number of carboxylic acids is 1. The van der Waals surface area contributed by atoms with E-state index in [9.17, 15) is 9.90 Å². The summed E-state index contributed by atoms with van der Waals surface area (Å²) in [5.41, 5.74) is 2.15. The number of aliphatic hydroxyl groups excluding tert-OH is 2.